The van der Waals surface area contributed by atoms with Crippen molar-refractivity contribution in [1.82, 2.24) is 4.98 Å². The summed E-state index contributed by atoms with van der Waals surface area (Å²) < 4.78 is 5.20. The molecule has 2 aromatic rings. The molecule has 0 spiro atoms. The molecule has 0 saturated heterocycles. The molecule has 6 heteroatoms. The van der Waals surface area contributed by atoms with Gasteiger partial charge in [0.25, 0.3) is 0 Å². The van der Waals surface area contributed by atoms with E-state index in [0.29, 0.717) is 12.2 Å². The maximum atomic E-state index is 11.6. The third-order valence-corrected chi connectivity index (χ3v) is 3.24. The summed E-state index contributed by atoms with van der Waals surface area (Å²) in [5.41, 5.74) is 1.17. The number of amides is 1. The first kappa shape index (κ1) is 15.3. The summed E-state index contributed by atoms with van der Waals surface area (Å²) in [5, 5.41) is 8.95. The van der Waals surface area contributed by atoms with E-state index in [1.54, 1.807) is 17.5 Å². The van der Waals surface area contributed by atoms with Crippen LogP contribution >= 0.6 is 11.3 Å². The van der Waals surface area contributed by atoms with Gasteiger partial charge in [0.1, 0.15) is 10.6 Å². The topological polar surface area (TPSA) is 63.2 Å². The predicted molar refractivity (Wildman–Crippen MR) is 85.7 cm³/mol. The van der Waals surface area contributed by atoms with Crippen molar-refractivity contribution >= 4 is 28.8 Å². The van der Waals surface area contributed by atoms with Gasteiger partial charge in [-0.15, -0.1) is 11.3 Å². The Morgan fingerprint density at radius 2 is 1.90 bits per heavy atom. The molecule has 0 bridgehead atoms. The Balaban J connectivity index is 1.85. The molecule has 0 fully saturated rings. The molecule has 21 heavy (non-hydrogen) atoms. The summed E-state index contributed by atoms with van der Waals surface area (Å²) in [6, 6.07) is 7.46. The van der Waals surface area contributed by atoms with Gasteiger partial charge in [-0.3, -0.25) is 5.32 Å². The fourth-order valence-electron chi connectivity index (χ4n) is 1.61. The molecule has 2 rings (SSSR count). The van der Waals surface area contributed by atoms with Crippen molar-refractivity contribution in [2.24, 2.45) is 0 Å². The van der Waals surface area contributed by atoms with E-state index < -0.39 is 11.7 Å². The molecule has 1 aromatic heterocycles. The minimum atomic E-state index is -0.501. The summed E-state index contributed by atoms with van der Waals surface area (Å²) in [5.74, 6) is 0. The van der Waals surface area contributed by atoms with Crippen molar-refractivity contribution in [3.05, 3.63) is 40.8 Å². The molecule has 1 amide bonds. The molecule has 1 heterocycles. The lowest BCUT2D eigenvalue weighted by Crippen LogP contribution is -2.27. The summed E-state index contributed by atoms with van der Waals surface area (Å²) in [6.07, 6.45) is 1.33. The van der Waals surface area contributed by atoms with E-state index in [2.05, 4.69) is 15.6 Å². The van der Waals surface area contributed by atoms with Crippen LogP contribution in [0.15, 0.2) is 35.8 Å². The van der Waals surface area contributed by atoms with Crippen LogP contribution in [0.4, 0.5) is 16.2 Å². The lowest BCUT2D eigenvalue weighted by molar-refractivity contribution is 0.0636. The van der Waals surface area contributed by atoms with Crippen LogP contribution in [0.3, 0.4) is 0 Å². The van der Waals surface area contributed by atoms with Gasteiger partial charge in [-0.2, -0.15) is 0 Å². The zero-order valence-corrected chi connectivity index (χ0v) is 13.2. The standard InChI is InChI=1S/C15H19N3O2S/c1-15(2,3)20-14(19)18-12-6-4-11(5-7-12)17-10-13-16-8-9-21-13/h4-9,17H,10H2,1-3H3,(H,18,19). The summed E-state index contributed by atoms with van der Waals surface area (Å²) >= 11 is 1.61. The van der Waals surface area contributed by atoms with Crippen LogP contribution in [-0.2, 0) is 11.3 Å². The highest BCUT2D eigenvalue weighted by Gasteiger charge is 2.15. The fraction of sp³-hybridized carbons (Fsp3) is 0.333. The number of hydrogen-bond donors (Lipinski definition) is 2. The number of aromatic nitrogens is 1. The number of thiazole rings is 1. The number of hydrogen-bond acceptors (Lipinski definition) is 5. The Hall–Kier alpha value is -2.08. The second-order valence-corrected chi connectivity index (χ2v) is 6.46. The van der Waals surface area contributed by atoms with E-state index >= 15 is 0 Å². The highest BCUT2D eigenvalue weighted by molar-refractivity contribution is 7.09. The number of nitrogens with zero attached hydrogens (tertiary/aromatic N) is 1. The van der Waals surface area contributed by atoms with Crippen molar-refractivity contribution in [3.63, 3.8) is 0 Å². The first-order chi connectivity index (χ1) is 9.92. The van der Waals surface area contributed by atoms with E-state index in [-0.39, 0.29) is 0 Å². The Labute approximate surface area is 128 Å². The molecule has 0 radical (unpaired) electrons. The summed E-state index contributed by atoms with van der Waals surface area (Å²) in [7, 11) is 0. The average molecular weight is 305 g/mol. The highest BCUT2D eigenvalue weighted by Crippen LogP contribution is 2.16. The molecule has 112 valence electrons. The molecule has 0 unspecified atom stereocenters. The highest BCUT2D eigenvalue weighted by atomic mass is 32.1. The van der Waals surface area contributed by atoms with E-state index in [1.807, 2.05) is 50.4 Å². The number of nitrogens with one attached hydrogen (secondary N) is 2. The largest absolute Gasteiger partial charge is 0.444 e. The van der Waals surface area contributed by atoms with Gasteiger partial charge in [-0.25, -0.2) is 9.78 Å². The number of carbonyl (C=O) groups excluding carboxylic acids is 1. The molecular formula is C15H19N3O2S. The predicted octanol–water partition coefficient (Wildman–Crippen LogP) is 4.10. The number of anilines is 2. The minimum absolute atomic E-state index is 0.453. The minimum Gasteiger partial charge on any atom is -0.444 e. The quantitative estimate of drug-likeness (QED) is 0.892. The van der Waals surface area contributed by atoms with E-state index in [0.717, 1.165) is 10.7 Å². The molecule has 5 nitrogen and oxygen atoms in total. The fourth-order valence-corrected chi connectivity index (χ4v) is 2.17. The van der Waals surface area contributed by atoms with Crippen LogP contribution in [-0.4, -0.2) is 16.7 Å². The second kappa shape index (κ2) is 6.58. The maximum absolute atomic E-state index is 11.6. The van der Waals surface area contributed by atoms with Crippen molar-refractivity contribution in [3.8, 4) is 0 Å². The second-order valence-electron chi connectivity index (χ2n) is 5.48. The van der Waals surface area contributed by atoms with Crippen LogP contribution in [0.2, 0.25) is 0 Å². The van der Waals surface area contributed by atoms with E-state index in [1.165, 1.54) is 0 Å². The van der Waals surface area contributed by atoms with E-state index in [4.69, 9.17) is 4.74 Å². The van der Waals surface area contributed by atoms with Crippen LogP contribution in [0.5, 0.6) is 0 Å². The zero-order valence-electron chi connectivity index (χ0n) is 12.3. The number of carbonyl (C=O) groups is 1. The molecule has 2 N–H and O–H groups in total. The molecule has 0 atom stereocenters. The zero-order chi connectivity index (χ0) is 15.3. The Kier molecular flexibility index (Phi) is 4.80. The third kappa shape index (κ3) is 5.43. The van der Waals surface area contributed by atoms with Gasteiger partial charge >= 0.3 is 6.09 Å². The van der Waals surface area contributed by atoms with Gasteiger partial charge in [0.15, 0.2) is 0 Å². The number of rotatable bonds is 4. The Bertz CT molecular complexity index is 574. The van der Waals surface area contributed by atoms with Crippen molar-refractivity contribution in [2.45, 2.75) is 32.9 Å². The van der Waals surface area contributed by atoms with Gasteiger partial charge in [0, 0.05) is 23.0 Å². The van der Waals surface area contributed by atoms with Gasteiger partial charge < -0.3 is 10.1 Å². The molecular weight excluding hydrogens is 286 g/mol. The lowest BCUT2D eigenvalue weighted by atomic mass is 10.2. The normalized spacial score (nSPS) is 11.0. The third-order valence-electron chi connectivity index (χ3n) is 2.46. The number of benzene rings is 1. The monoisotopic (exact) mass is 305 g/mol. The van der Waals surface area contributed by atoms with Crippen molar-refractivity contribution in [2.75, 3.05) is 10.6 Å². The van der Waals surface area contributed by atoms with Crippen LogP contribution < -0.4 is 10.6 Å². The maximum Gasteiger partial charge on any atom is 0.412 e. The first-order valence-corrected chi connectivity index (χ1v) is 7.53. The smallest absolute Gasteiger partial charge is 0.412 e. The first-order valence-electron chi connectivity index (χ1n) is 6.65. The van der Waals surface area contributed by atoms with E-state index in [9.17, 15) is 4.79 Å². The van der Waals surface area contributed by atoms with Gasteiger partial charge in [-0.1, -0.05) is 0 Å². The van der Waals surface area contributed by atoms with Gasteiger partial charge in [0.05, 0.1) is 6.54 Å². The summed E-state index contributed by atoms with van der Waals surface area (Å²) in [6.45, 7) is 6.19. The van der Waals surface area contributed by atoms with Gasteiger partial charge in [-0.05, 0) is 45.0 Å². The van der Waals surface area contributed by atoms with Gasteiger partial charge in [0.2, 0.25) is 0 Å². The molecule has 0 aliphatic heterocycles. The Morgan fingerprint density at radius 3 is 2.48 bits per heavy atom. The van der Waals surface area contributed by atoms with Crippen LogP contribution in [0, 0.1) is 0 Å². The van der Waals surface area contributed by atoms with Crippen molar-refractivity contribution in [1.29, 1.82) is 0 Å². The SMILES string of the molecule is CC(C)(C)OC(=O)Nc1ccc(NCc2nccs2)cc1. The van der Waals surface area contributed by atoms with Crippen LogP contribution in [0.1, 0.15) is 25.8 Å². The Morgan fingerprint density at radius 1 is 1.24 bits per heavy atom. The lowest BCUT2D eigenvalue weighted by Gasteiger charge is -2.19. The molecule has 0 saturated carbocycles. The number of ether oxygens (including phenoxy) is 1. The summed E-state index contributed by atoms with van der Waals surface area (Å²) in [4.78, 5) is 15.8. The van der Waals surface area contributed by atoms with Crippen LogP contribution in [0.25, 0.3) is 0 Å². The molecule has 0 aliphatic carbocycles. The molecule has 1 aromatic carbocycles. The average Bonchev–Trinajstić information content (AvgIpc) is 2.89. The van der Waals surface area contributed by atoms with Crippen molar-refractivity contribution < 1.29 is 9.53 Å². The molecule has 0 aliphatic rings.